The first kappa shape index (κ1) is 33.8. The van der Waals surface area contributed by atoms with Gasteiger partial charge in [-0.1, -0.05) is 41.9 Å². The van der Waals surface area contributed by atoms with E-state index < -0.39 is 23.8 Å². The van der Waals surface area contributed by atoms with Crippen molar-refractivity contribution in [2.75, 3.05) is 46.5 Å². The van der Waals surface area contributed by atoms with Crippen LogP contribution in [0.15, 0.2) is 54.6 Å². The van der Waals surface area contributed by atoms with Crippen LogP contribution in [0.25, 0.3) is 0 Å². The average molecular weight is 619 g/mol. The zero-order chi connectivity index (χ0) is 31.2. The number of nitrogens with zero attached hydrogens (tertiary/aromatic N) is 1. The van der Waals surface area contributed by atoms with Crippen molar-refractivity contribution in [2.45, 2.75) is 51.4 Å². The van der Waals surface area contributed by atoms with E-state index in [-0.39, 0.29) is 44.4 Å². The van der Waals surface area contributed by atoms with Crippen molar-refractivity contribution in [3.05, 3.63) is 65.2 Å². The van der Waals surface area contributed by atoms with E-state index in [0.29, 0.717) is 23.9 Å². The fourth-order valence-electron chi connectivity index (χ4n) is 4.70. The maximum atomic E-state index is 13.3. The predicted octanol–water partition coefficient (Wildman–Crippen LogP) is 5.15. The molecule has 4 amide bonds. The number of rotatable bonds is 12. The van der Waals surface area contributed by atoms with Crippen molar-refractivity contribution in [3.8, 4) is 5.75 Å². The van der Waals surface area contributed by atoms with Crippen LogP contribution >= 0.6 is 11.6 Å². The number of ether oxygens (including phenoxy) is 4. The number of carbonyl (C=O) groups is 3. The molecule has 0 bridgehead atoms. The number of halogens is 1. The molecule has 1 aliphatic rings. The second-order valence-electron chi connectivity index (χ2n) is 11.3. The van der Waals surface area contributed by atoms with Gasteiger partial charge in [0.1, 0.15) is 18.0 Å². The highest BCUT2D eigenvalue weighted by Crippen LogP contribution is 2.34. The minimum absolute atomic E-state index is 0.00630. The summed E-state index contributed by atoms with van der Waals surface area (Å²) in [6.07, 6.45) is 0.172. The minimum Gasteiger partial charge on any atom is -0.491 e. The molecule has 1 aliphatic heterocycles. The Morgan fingerprint density at radius 3 is 2.51 bits per heavy atom. The van der Waals surface area contributed by atoms with Crippen LogP contribution in [0.1, 0.15) is 45.3 Å². The van der Waals surface area contributed by atoms with E-state index in [1.165, 1.54) is 7.11 Å². The molecule has 1 heterocycles. The molecule has 2 aromatic rings. The summed E-state index contributed by atoms with van der Waals surface area (Å²) in [6, 6.07) is 15.9. The van der Waals surface area contributed by atoms with Crippen LogP contribution < -0.4 is 20.7 Å². The zero-order valence-electron chi connectivity index (χ0n) is 25.3. The Hall–Kier alpha value is -3.70. The van der Waals surface area contributed by atoms with Crippen LogP contribution in [0.3, 0.4) is 0 Å². The molecule has 236 valence electrons. The maximum Gasteiger partial charge on any atom is 0.408 e. The summed E-state index contributed by atoms with van der Waals surface area (Å²) in [7, 11) is 1.30. The molecule has 0 saturated carbocycles. The summed E-state index contributed by atoms with van der Waals surface area (Å²) in [4.78, 5) is 39.0. The number of para-hydroxylation sites is 1. The topological polar surface area (TPSA) is 127 Å². The second kappa shape index (κ2) is 16.8. The first-order valence-corrected chi connectivity index (χ1v) is 14.8. The summed E-state index contributed by atoms with van der Waals surface area (Å²) < 4.78 is 22.1. The van der Waals surface area contributed by atoms with Crippen LogP contribution in [-0.4, -0.2) is 81.3 Å². The highest BCUT2D eigenvalue weighted by atomic mass is 35.5. The van der Waals surface area contributed by atoms with Gasteiger partial charge >= 0.3 is 18.2 Å². The third-order valence-electron chi connectivity index (χ3n) is 6.62. The maximum absolute atomic E-state index is 13.3. The first-order chi connectivity index (χ1) is 20.5. The normalized spacial score (nSPS) is 16.4. The highest BCUT2D eigenvalue weighted by Gasteiger charge is 2.32. The third-order valence-corrected chi connectivity index (χ3v) is 6.85. The monoisotopic (exact) mass is 618 g/mol. The van der Waals surface area contributed by atoms with E-state index >= 15 is 0 Å². The molecule has 43 heavy (non-hydrogen) atoms. The number of methoxy groups -OCH3 is 1. The van der Waals surface area contributed by atoms with Gasteiger partial charge in [-0.05, 0) is 63.4 Å². The van der Waals surface area contributed by atoms with Crippen molar-refractivity contribution < 1.29 is 33.3 Å². The molecular weight excluding hydrogens is 576 g/mol. The van der Waals surface area contributed by atoms with Crippen molar-refractivity contribution in [1.29, 1.82) is 0 Å². The van der Waals surface area contributed by atoms with E-state index in [1.807, 2.05) is 48.5 Å². The van der Waals surface area contributed by atoms with Gasteiger partial charge in [0.2, 0.25) is 0 Å². The molecule has 1 saturated heterocycles. The summed E-state index contributed by atoms with van der Waals surface area (Å²) in [6.45, 7) is 7.20. The van der Waals surface area contributed by atoms with Gasteiger partial charge < -0.3 is 39.8 Å². The lowest BCUT2D eigenvalue weighted by atomic mass is 9.88. The second-order valence-corrected chi connectivity index (χ2v) is 11.7. The van der Waals surface area contributed by atoms with Gasteiger partial charge in [0.05, 0.1) is 25.9 Å². The molecule has 0 unspecified atom stereocenters. The largest absolute Gasteiger partial charge is 0.491 e. The van der Waals surface area contributed by atoms with Gasteiger partial charge in [0.25, 0.3) is 0 Å². The number of carbonyl (C=O) groups excluding carboxylic acids is 3. The average Bonchev–Trinajstić information content (AvgIpc) is 2.97. The number of hydrogen-bond donors (Lipinski definition) is 3. The van der Waals surface area contributed by atoms with Crippen LogP contribution in [0.2, 0.25) is 5.02 Å². The molecule has 0 aliphatic carbocycles. The number of piperidine rings is 1. The molecule has 3 rings (SSSR count). The Balaban J connectivity index is 1.62. The van der Waals surface area contributed by atoms with Gasteiger partial charge in [0, 0.05) is 37.1 Å². The SMILES string of the molecule is COC(=O)NCCO[C@@H](c1cccc(Cl)c1)[C@@H]1CCCN(C(=O)NC[C@@H](COc2ccccc2)NC(=O)OC(C)(C)C)C1. The number of urea groups is 1. The van der Waals surface area contributed by atoms with E-state index in [2.05, 4.69) is 20.7 Å². The van der Waals surface area contributed by atoms with Crippen molar-refractivity contribution in [1.82, 2.24) is 20.9 Å². The fraction of sp³-hybridized carbons (Fsp3) is 0.516. The van der Waals surface area contributed by atoms with Crippen LogP contribution in [-0.2, 0) is 14.2 Å². The summed E-state index contributed by atoms with van der Waals surface area (Å²) in [5.41, 5.74) is 0.232. The third kappa shape index (κ3) is 12.2. The summed E-state index contributed by atoms with van der Waals surface area (Å²) >= 11 is 6.28. The zero-order valence-corrected chi connectivity index (χ0v) is 26.0. The number of benzene rings is 2. The first-order valence-electron chi connectivity index (χ1n) is 14.4. The van der Waals surface area contributed by atoms with Crippen molar-refractivity contribution in [2.24, 2.45) is 5.92 Å². The van der Waals surface area contributed by atoms with Crippen LogP contribution in [0, 0.1) is 5.92 Å². The van der Waals surface area contributed by atoms with E-state index in [4.69, 9.17) is 25.8 Å². The van der Waals surface area contributed by atoms with Gasteiger partial charge in [-0.15, -0.1) is 0 Å². The van der Waals surface area contributed by atoms with E-state index in [1.54, 1.807) is 31.7 Å². The summed E-state index contributed by atoms with van der Waals surface area (Å²) in [5, 5.41) is 8.96. The van der Waals surface area contributed by atoms with Gasteiger partial charge in [-0.2, -0.15) is 0 Å². The van der Waals surface area contributed by atoms with Gasteiger partial charge in [0.15, 0.2) is 0 Å². The predicted molar refractivity (Wildman–Crippen MR) is 163 cm³/mol. The quantitative estimate of drug-likeness (QED) is 0.281. The molecule has 0 spiro atoms. The summed E-state index contributed by atoms with van der Waals surface area (Å²) in [5.74, 6) is 0.644. The molecule has 0 aromatic heterocycles. The molecule has 1 fully saturated rings. The number of likely N-dealkylation sites (tertiary alicyclic amines) is 1. The molecule has 3 N–H and O–H groups in total. The van der Waals surface area contributed by atoms with E-state index in [0.717, 1.165) is 18.4 Å². The Morgan fingerprint density at radius 1 is 1.05 bits per heavy atom. The van der Waals surface area contributed by atoms with E-state index in [9.17, 15) is 14.4 Å². The molecule has 3 atom stereocenters. The molecule has 12 heteroatoms. The highest BCUT2D eigenvalue weighted by molar-refractivity contribution is 6.30. The molecule has 2 aromatic carbocycles. The minimum atomic E-state index is -0.669. The molecule has 11 nitrogen and oxygen atoms in total. The molecular formula is C31H43ClN4O7. The van der Waals surface area contributed by atoms with Crippen molar-refractivity contribution in [3.63, 3.8) is 0 Å². The number of alkyl carbamates (subject to hydrolysis) is 2. The number of nitrogens with one attached hydrogen (secondary N) is 3. The Morgan fingerprint density at radius 2 is 1.81 bits per heavy atom. The van der Waals surface area contributed by atoms with Gasteiger partial charge in [-0.25, -0.2) is 14.4 Å². The Labute approximate surface area is 258 Å². The number of hydrogen-bond acceptors (Lipinski definition) is 7. The van der Waals surface area contributed by atoms with Crippen LogP contribution in [0.5, 0.6) is 5.75 Å². The fourth-order valence-corrected chi connectivity index (χ4v) is 4.90. The van der Waals surface area contributed by atoms with Crippen molar-refractivity contribution >= 4 is 29.8 Å². The smallest absolute Gasteiger partial charge is 0.408 e. The number of amides is 4. The lowest BCUT2D eigenvalue weighted by Crippen LogP contribution is -2.52. The van der Waals surface area contributed by atoms with Crippen LogP contribution in [0.4, 0.5) is 14.4 Å². The lowest BCUT2D eigenvalue weighted by molar-refractivity contribution is -0.00852. The Kier molecular flexibility index (Phi) is 13.2. The molecule has 0 radical (unpaired) electrons. The standard InChI is InChI=1S/C31H43ClN4O7/c1-31(2,3)43-30(39)35-25(21-42-26-13-6-5-7-14-26)19-34-28(37)36-16-9-11-23(20-36)27(22-10-8-12-24(32)18-22)41-17-15-33-29(38)40-4/h5-8,10,12-14,18,23,25,27H,9,11,15-17,19-21H2,1-4H3,(H,33,38)(H,34,37)(H,35,39)/t23-,25+,27+/m1/s1. The lowest BCUT2D eigenvalue weighted by Gasteiger charge is -2.37. The Bertz CT molecular complexity index is 1180. The van der Waals surface area contributed by atoms with Gasteiger partial charge in [-0.3, -0.25) is 0 Å².